The molecular formula is C24H34O6. The van der Waals surface area contributed by atoms with Gasteiger partial charge in [-0.15, -0.1) is 0 Å². The molecule has 1 heterocycles. The van der Waals surface area contributed by atoms with Crippen LogP contribution in [0, 0.1) is 28.6 Å². The summed E-state index contributed by atoms with van der Waals surface area (Å²) in [7, 11) is 0. The third-order valence-corrected chi connectivity index (χ3v) is 9.45. The molecule has 6 heteroatoms. The van der Waals surface area contributed by atoms with Crippen LogP contribution >= 0.6 is 0 Å². The van der Waals surface area contributed by atoms with E-state index in [-0.39, 0.29) is 34.7 Å². The molecule has 0 amide bonds. The molecule has 1 saturated heterocycles. The summed E-state index contributed by atoms with van der Waals surface area (Å²) in [4.78, 5) is 25.2. The van der Waals surface area contributed by atoms with E-state index in [1.54, 1.807) is 0 Å². The highest BCUT2D eigenvalue weighted by Gasteiger charge is 2.76. The summed E-state index contributed by atoms with van der Waals surface area (Å²) in [5, 5.41) is 21.4. The average Bonchev–Trinajstić information content (AvgIpc) is 3.07. The second-order valence-corrected chi connectivity index (χ2v) is 11.2. The SMILES string of the molecule is CC1(C)OC2CC3C4CCC5=CC(=O)CCC5(C)C4C(O)CC3(C)C2(C(=O)CO)O1. The Labute approximate surface area is 178 Å². The van der Waals surface area contributed by atoms with Crippen molar-refractivity contribution in [1.29, 1.82) is 0 Å². The molecule has 4 aliphatic carbocycles. The van der Waals surface area contributed by atoms with E-state index in [1.807, 2.05) is 19.9 Å². The number of ether oxygens (including phenoxy) is 2. The lowest BCUT2D eigenvalue weighted by atomic mass is 9.45. The summed E-state index contributed by atoms with van der Waals surface area (Å²) in [6, 6.07) is 0. The molecule has 0 radical (unpaired) electrons. The second kappa shape index (κ2) is 6.25. The van der Waals surface area contributed by atoms with Crippen LogP contribution in [-0.2, 0) is 19.1 Å². The highest BCUT2D eigenvalue weighted by Crippen LogP contribution is 2.70. The van der Waals surface area contributed by atoms with Gasteiger partial charge < -0.3 is 19.7 Å². The van der Waals surface area contributed by atoms with Gasteiger partial charge in [0.15, 0.2) is 23.0 Å². The lowest BCUT2D eigenvalue weighted by Crippen LogP contribution is -2.64. The van der Waals surface area contributed by atoms with Gasteiger partial charge in [-0.25, -0.2) is 0 Å². The molecule has 8 atom stereocenters. The Bertz CT molecular complexity index is 832. The summed E-state index contributed by atoms with van der Waals surface area (Å²) < 4.78 is 12.6. The van der Waals surface area contributed by atoms with Gasteiger partial charge in [-0.3, -0.25) is 9.59 Å². The van der Waals surface area contributed by atoms with Crippen molar-refractivity contribution in [3.63, 3.8) is 0 Å². The Morgan fingerprint density at radius 2 is 1.97 bits per heavy atom. The standard InChI is InChI=1S/C24H34O6/c1-21(2)29-19-10-16-15-6-5-13-9-14(26)7-8-22(13,3)20(15)17(27)11-23(16,4)24(19,30-21)18(28)12-25/h9,15-17,19-20,25,27H,5-8,10-12H2,1-4H3. The van der Waals surface area contributed by atoms with Crippen LogP contribution in [0.2, 0.25) is 0 Å². The fourth-order valence-electron chi connectivity index (χ4n) is 8.40. The van der Waals surface area contributed by atoms with E-state index in [2.05, 4.69) is 13.8 Å². The molecule has 6 nitrogen and oxygen atoms in total. The molecule has 0 aromatic rings. The van der Waals surface area contributed by atoms with Crippen molar-refractivity contribution in [3.05, 3.63) is 11.6 Å². The van der Waals surface area contributed by atoms with E-state index in [9.17, 15) is 19.8 Å². The quantitative estimate of drug-likeness (QED) is 0.716. The van der Waals surface area contributed by atoms with Crippen molar-refractivity contribution in [3.8, 4) is 0 Å². The first-order valence-corrected chi connectivity index (χ1v) is 11.4. The number of hydrogen-bond donors (Lipinski definition) is 2. The second-order valence-electron chi connectivity index (χ2n) is 11.2. The van der Waals surface area contributed by atoms with E-state index in [0.717, 1.165) is 19.3 Å². The Kier molecular flexibility index (Phi) is 4.33. The Hall–Kier alpha value is -1.08. The van der Waals surface area contributed by atoms with Crippen LogP contribution in [-0.4, -0.2) is 52.0 Å². The molecule has 4 fully saturated rings. The minimum atomic E-state index is -1.22. The first-order chi connectivity index (χ1) is 14.0. The molecular weight excluding hydrogens is 384 g/mol. The van der Waals surface area contributed by atoms with Crippen molar-refractivity contribution in [2.75, 3.05) is 6.61 Å². The smallest absolute Gasteiger partial charge is 0.193 e. The van der Waals surface area contributed by atoms with Crippen molar-refractivity contribution in [2.45, 2.75) is 89.8 Å². The number of rotatable bonds is 2. The maximum Gasteiger partial charge on any atom is 0.193 e. The van der Waals surface area contributed by atoms with Crippen molar-refractivity contribution < 1.29 is 29.3 Å². The number of allylic oxidation sites excluding steroid dienone is 1. The average molecular weight is 419 g/mol. The van der Waals surface area contributed by atoms with Crippen LogP contribution in [0.4, 0.5) is 0 Å². The van der Waals surface area contributed by atoms with Gasteiger partial charge in [0.05, 0.1) is 12.2 Å². The zero-order valence-corrected chi connectivity index (χ0v) is 18.4. The highest BCUT2D eigenvalue weighted by molar-refractivity contribution is 5.92. The minimum absolute atomic E-state index is 0.0665. The number of aliphatic hydroxyl groups is 2. The lowest BCUT2D eigenvalue weighted by molar-refractivity contribution is -0.227. The molecule has 5 aliphatic rings. The van der Waals surface area contributed by atoms with Gasteiger partial charge >= 0.3 is 0 Å². The van der Waals surface area contributed by atoms with Gasteiger partial charge in [0.2, 0.25) is 0 Å². The molecule has 8 unspecified atom stereocenters. The van der Waals surface area contributed by atoms with Gasteiger partial charge in [0.1, 0.15) is 6.61 Å². The van der Waals surface area contributed by atoms with E-state index in [1.165, 1.54) is 5.57 Å². The molecule has 3 saturated carbocycles. The summed E-state index contributed by atoms with van der Waals surface area (Å²) in [5.74, 6) is -0.569. The molecule has 5 rings (SSSR count). The van der Waals surface area contributed by atoms with E-state index < -0.39 is 35.6 Å². The maximum absolute atomic E-state index is 13.2. The number of ketones is 2. The third-order valence-electron chi connectivity index (χ3n) is 9.45. The van der Waals surface area contributed by atoms with E-state index in [0.29, 0.717) is 19.3 Å². The van der Waals surface area contributed by atoms with Crippen LogP contribution < -0.4 is 0 Å². The number of carbonyl (C=O) groups is 2. The van der Waals surface area contributed by atoms with Crippen LogP contribution in [0.15, 0.2) is 11.6 Å². The normalized spacial score (nSPS) is 51.5. The number of fused-ring (bicyclic) bond motifs is 7. The summed E-state index contributed by atoms with van der Waals surface area (Å²) in [6.07, 6.45) is 5.05. The molecule has 166 valence electrons. The topological polar surface area (TPSA) is 93.1 Å². The van der Waals surface area contributed by atoms with Crippen LogP contribution in [0.3, 0.4) is 0 Å². The van der Waals surface area contributed by atoms with Crippen molar-refractivity contribution in [1.82, 2.24) is 0 Å². The summed E-state index contributed by atoms with van der Waals surface area (Å²) >= 11 is 0. The summed E-state index contributed by atoms with van der Waals surface area (Å²) in [6.45, 7) is 7.32. The van der Waals surface area contributed by atoms with Crippen molar-refractivity contribution in [2.24, 2.45) is 28.6 Å². The van der Waals surface area contributed by atoms with Gasteiger partial charge in [0, 0.05) is 11.8 Å². The minimum Gasteiger partial charge on any atom is -0.393 e. The zero-order chi connectivity index (χ0) is 21.7. The highest BCUT2D eigenvalue weighted by atomic mass is 16.8. The van der Waals surface area contributed by atoms with E-state index >= 15 is 0 Å². The van der Waals surface area contributed by atoms with Gasteiger partial charge in [-0.1, -0.05) is 19.4 Å². The number of aliphatic hydroxyl groups excluding tert-OH is 2. The van der Waals surface area contributed by atoms with Crippen molar-refractivity contribution >= 4 is 11.6 Å². The molecule has 2 N–H and O–H groups in total. The largest absolute Gasteiger partial charge is 0.393 e. The van der Waals surface area contributed by atoms with Gasteiger partial charge in [-0.05, 0) is 75.2 Å². The van der Waals surface area contributed by atoms with Gasteiger partial charge in [0.25, 0.3) is 0 Å². The van der Waals surface area contributed by atoms with Crippen LogP contribution in [0.1, 0.15) is 66.2 Å². The van der Waals surface area contributed by atoms with Crippen LogP contribution in [0.25, 0.3) is 0 Å². The first-order valence-electron chi connectivity index (χ1n) is 11.4. The number of hydrogen-bond acceptors (Lipinski definition) is 6. The predicted molar refractivity (Wildman–Crippen MR) is 108 cm³/mol. The van der Waals surface area contributed by atoms with Crippen LogP contribution in [0.5, 0.6) is 0 Å². The number of Topliss-reactive ketones (excluding diaryl/α,β-unsaturated/α-hetero) is 1. The molecule has 1 aliphatic heterocycles. The molecule has 0 aromatic heterocycles. The Balaban J connectivity index is 1.58. The Morgan fingerprint density at radius 1 is 1.23 bits per heavy atom. The monoisotopic (exact) mass is 418 g/mol. The summed E-state index contributed by atoms with van der Waals surface area (Å²) in [5.41, 5.74) is -0.810. The predicted octanol–water partition coefficient (Wildman–Crippen LogP) is 2.55. The fraction of sp³-hybridized carbons (Fsp3) is 0.833. The Morgan fingerprint density at radius 3 is 2.67 bits per heavy atom. The third kappa shape index (κ3) is 2.39. The molecule has 0 bridgehead atoms. The molecule has 0 spiro atoms. The fourth-order valence-corrected chi connectivity index (χ4v) is 8.40. The molecule has 30 heavy (non-hydrogen) atoms. The molecule has 0 aromatic carbocycles. The van der Waals surface area contributed by atoms with Gasteiger partial charge in [-0.2, -0.15) is 0 Å². The maximum atomic E-state index is 13.2. The van der Waals surface area contributed by atoms with E-state index in [4.69, 9.17) is 9.47 Å². The number of carbonyl (C=O) groups excluding carboxylic acids is 2. The zero-order valence-electron chi connectivity index (χ0n) is 18.4. The lowest BCUT2D eigenvalue weighted by Gasteiger charge is -2.60. The first kappa shape index (κ1) is 20.8.